The van der Waals surface area contributed by atoms with Crippen molar-refractivity contribution in [1.82, 2.24) is 10.2 Å². The highest BCUT2D eigenvalue weighted by Crippen LogP contribution is 2.26. The maximum Gasteiger partial charge on any atom is 0.270 e. The molecule has 8 nitrogen and oxygen atoms in total. The van der Waals surface area contributed by atoms with E-state index in [9.17, 15) is 24.5 Å². The van der Waals surface area contributed by atoms with E-state index < -0.39 is 29.2 Å². The number of non-ortho nitro benzene ring substituents is 1. The van der Waals surface area contributed by atoms with Crippen molar-refractivity contribution in [2.75, 3.05) is 6.54 Å². The number of nitrogens with zero attached hydrogens (tertiary/aromatic N) is 2. The molecule has 0 atom stereocenters. The Morgan fingerprint density at radius 2 is 1.81 bits per heavy atom. The molecule has 0 saturated heterocycles. The van der Waals surface area contributed by atoms with Crippen LogP contribution in [0, 0.1) is 17.0 Å². The molecule has 0 bridgehead atoms. The highest BCUT2D eigenvalue weighted by Gasteiger charge is 2.37. The third-order valence-corrected chi connectivity index (χ3v) is 4.20. The number of nitrogens with one attached hydrogen (secondary N) is 1. The van der Waals surface area contributed by atoms with Gasteiger partial charge in [-0.25, -0.2) is 0 Å². The van der Waals surface area contributed by atoms with E-state index in [4.69, 9.17) is 0 Å². The van der Waals surface area contributed by atoms with Gasteiger partial charge in [0.05, 0.1) is 16.1 Å². The van der Waals surface area contributed by atoms with Gasteiger partial charge in [0, 0.05) is 18.7 Å². The first kappa shape index (κ1) is 17.3. The van der Waals surface area contributed by atoms with Crippen molar-refractivity contribution in [3.63, 3.8) is 0 Å². The summed E-state index contributed by atoms with van der Waals surface area (Å²) in [5.41, 5.74) is 1.67. The van der Waals surface area contributed by atoms with Crippen molar-refractivity contribution in [3.05, 3.63) is 74.8 Å². The van der Waals surface area contributed by atoms with Crippen molar-refractivity contribution >= 4 is 23.4 Å². The number of hydrogen-bond donors (Lipinski definition) is 1. The number of aryl methyl sites for hydroxylation is 1. The standard InChI is InChI=1S/C18H15N3O5/c1-11-4-2-3-5-12(11)9-19-16(22)10-20-17(23)14-7-6-13(21(25)26)8-15(14)18(20)24/h2-8H,9-10H2,1H3,(H,19,22). The summed E-state index contributed by atoms with van der Waals surface area (Å²) in [6, 6.07) is 11.0. The minimum absolute atomic E-state index is 0.0593. The van der Waals surface area contributed by atoms with Gasteiger partial charge in [-0.1, -0.05) is 24.3 Å². The molecule has 132 valence electrons. The van der Waals surface area contributed by atoms with Crippen LogP contribution in [0.1, 0.15) is 31.8 Å². The minimum Gasteiger partial charge on any atom is -0.350 e. The number of nitro benzene ring substituents is 1. The van der Waals surface area contributed by atoms with Crippen LogP contribution in [0.4, 0.5) is 5.69 Å². The van der Waals surface area contributed by atoms with E-state index in [0.717, 1.165) is 28.2 Å². The third-order valence-electron chi connectivity index (χ3n) is 4.20. The monoisotopic (exact) mass is 353 g/mol. The lowest BCUT2D eigenvalue weighted by atomic mass is 10.1. The van der Waals surface area contributed by atoms with Crippen molar-refractivity contribution in [1.29, 1.82) is 0 Å². The fraction of sp³-hybridized carbons (Fsp3) is 0.167. The Kier molecular flexibility index (Phi) is 4.49. The Bertz CT molecular complexity index is 938. The molecular formula is C18H15N3O5. The van der Waals surface area contributed by atoms with E-state index in [-0.39, 0.29) is 23.4 Å². The van der Waals surface area contributed by atoms with Gasteiger partial charge in [-0.2, -0.15) is 0 Å². The van der Waals surface area contributed by atoms with Gasteiger partial charge in [0.25, 0.3) is 17.5 Å². The number of fused-ring (bicyclic) bond motifs is 1. The molecule has 1 N–H and O–H groups in total. The molecule has 0 fully saturated rings. The highest BCUT2D eigenvalue weighted by atomic mass is 16.6. The van der Waals surface area contributed by atoms with Crippen LogP contribution in [0.5, 0.6) is 0 Å². The van der Waals surface area contributed by atoms with Crippen molar-refractivity contribution in [3.8, 4) is 0 Å². The summed E-state index contributed by atoms with van der Waals surface area (Å²) in [7, 11) is 0. The number of hydrogen-bond acceptors (Lipinski definition) is 5. The summed E-state index contributed by atoms with van der Waals surface area (Å²) in [6.45, 7) is 1.75. The van der Waals surface area contributed by atoms with Crippen LogP contribution >= 0.6 is 0 Å². The lowest BCUT2D eigenvalue weighted by molar-refractivity contribution is -0.384. The van der Waals surface area contributed by atoms with Gasteiger partial charge in [-0.15, -0.1) is 0 Å². The van der Waals surface area contributed by atoms with E-state index in [0.29, 0.717) is 0 Å². The van der Waals surface area contributed by atoms with Gasteiger partial charge >= 0.3 is 0 Å². The molecule has 0 aromatic heterocycles. The molecular weight excluding hydrogens is 338 g/mol. The molecule has 1 aliphatic heterocycles. The van der Waals surface area contributed by atoms with Crippen LogP contribution in [-0.2, 0) is 11.3 Å². The van der Waals surface area contributed by atoms with E-state index in [1.54, 1.807) is 0 Å². The van der Waals surface area contributed by atoms with E-state index in [1.807, 2.05) is 31.2 Å². The number of carbonyl (C=O) groups excluding carboxylic acids is 3. The van der Waals surface area contributed by atoms with Crippen molar-refractivity contribution in [2.24, 2.45) is 0 Å². The Morgan fingerprint density at radius 3 is 2.50 bits per heavy atom. The third kappa shape index (κ3) is 3.16. The molecule has 0 aliphatic carbocycles. The summed E-state index contributed by atoms with van der Waals surface area (Å²) in [5.74, 6) is -1.83. The second-order valence-corrected chi connectivity index (χ2v) is 5.89. The number of imide groups is 1. The number of rotatable bonds is 5. The normalized spacial score (nSPS) is 12.9. The topological polar surface area (TPSA) is 110 Å². The lowest BCUT2D eigenvalue weighted by Gasteiger charge is -2.14. The molecule has 0 radical (unpaired) electrons. The predicted molar refractivity (Wildman–Crippen MR) is 91.5 cm³/mol. The quantitative estimate of drug-likeness (QED) is 0.501. The summed E-state index contributed by atoms with van der Waals surface area (Å²) in [6.07, 6.45) is 0. The fourth-order valence-corrected chi connectivity index (χ4v) is 2.74. The average molecular weight is 353 g/mol. The zero-order valence-corrected chi connectivity index (χ0v) is 13.9. The van der Waals surface area contributed by atoms with Crippen LogP contribution in [0.2, 0.25) is 0 Å². The molecule has 3 rings (SSSR count). The van der Waals surface area contributed by atoms with E-state index in [1.165, 1.54) is 6.07 Å². The van der Waals surface area contributed by atoms with Crippen molar-refractivity contribution in [2.45, 2.75) is 13.5 Å². The Labute approximate surface area is 148 Å². The molecule has 8 heteroatoms. The summed E-state index contributed by atoms with van der Waals surface area (Å²) >= 11 is 0. The van der Waals surface area contributed by atoms with E-state index in [2.05, 4.69) is 5.32 Å². The molecule has 2 aromatic carbocycles. The Morgan fingerprint density at radius 1 is 1.12 bits per heavy atom. The van der Waals surface area contributed by atoms with Crippen molar-refractivity contribution < 1.29 is 19.3 Å². The van der Waals surface area contributed by atoms with Gasteiger partial charge < -0.3 is 5.32 Å². The molecule has 0 saturated carbocycles. The lowest BCUT2D eigenvalue weighted by Crippen LogP contribution is -2.40. The van der Waals surface area contributed by atoms with Crippen LogP contribution in [0.3, 0.4) is 0 Å². The smallest absolute Gasteiger partial charge is 0.270 e. The van der Waals surface area contributed by atoms with Gasteiger partial charge in [-0.05, 0) is 24.1 Å². The van der Waals surface area contributed by atoms with E-state index >= 15 is 0 Å². The largest absolute Gasteiger partial charge is 0.350 e. The zero-order chi connectivity index (χ0) is 18.8. The first-order chi connectivity index (χ1) is 12.4. The summed E-state index contributed by atoms with van der Waals surface area (Å²) in [5, 5.41) is 13.5. The molecule has 1 heterocycles. The predicted octanol–water partition coefficient (Wildman–Crippen LogP) is 1.82. The van der Waals surface area contributed by atoms with Crippen LogP contribution in [0.25, 0.3) is 0 Å². The Balaban J connectivity index is 1.69. The number of benzene rings is 2. The molecule has 26 heavy (non-hydrogen) atoms. The number of carbonyl (C=O) groups is 3. The highest BCUT2D eigenvalue weighted by molar-refractivity contribution is 6.22. The summed E-state index contributed by atoms with van der Waals surface area (Å²) < 4.78 is 0. The number of amides is 3. The summed E-state index contributed by atoms with van der Waals surface area (Å²) in [4.78, 5) is 47.8. The average Bonchev–Trinajstić information content (AvgIpc) is 2.85. The van der Waals surface area contributed by atoms with Crippen LogP contribution < -0.4 is 5.32 Å². The second-order valence-electron chi connectivity index (χ2n) is 5.89. The van der Waals surface area contributed by atoms with Gasteiger partial charge in [0.15, 0.2) is 0 Å². The first-order valence-corrected chi connectivity index (χ1v) is 7.84. The molecule has 3 amide bonds. The van der Waals surface area contributed by atoms with Crippen LogP contribution in [0.15, 0.2) is 42.5 Å². The maximum atomic E-state index is 12.3. The Hall–Kier alpha value is -3.55. The minimum atomic E-state index is -0.709. The molecule has 0 unspecified atom stereocenters. The van der Waals surface area contributed by atoms with Gasteiger partial charge in [0.1, 0.15) is 6.54 Å². The molecule has 1 aliphatic rings. The molecule has 0 spiro atoms. The zero-order valence-electron chi connectivity index (χ0n) is 13.9. The molecule has 2 aromatic rings. The fourth-order valence-electron chi connectivity index (χ4n) is 2.74. The van der Waals surface area contributed by atoms with Gasteiger partial charge in [-0.3, -0.25) is 29.4 Å². The first-order valence-electron chi connectivity index (χ1n) is 7.84. The number of nitro groups is 1. The second kappa shape index (κ2) is 6.75. The van der Waals surface area contributed by atoms with Crippen LogP contribution in [-0.4, -0.2) is 34.1 Å². The maximum absolute atomic E-state index is 12.3. The SMILES string of the molecule is Cc1ccccc1CNC(=O)CN1C(=O)c2ccc([N+](=O)[O-])cc2C1=O. The van der Waals surface area contributed by atoms with Gasteiger partial charge in [0.2, 0.25) is 5.91 Å².